The van der Waals surface area contributed by atoms with Crippen LogP contribution >= 0.6 is 0 Å². The van der Waals surface area contributed by atoms with E-state index >= 15 is 0 Å². The molecule has 3 N–H and O–H groups in total. The number of carbonyl (C=O) groups is 1. The molecule has 104 valence electrons. The van der Waals surface area contributed by atoms with Gasteiger partial charge in [-0.1, -0.05) is 0 Å². The fourth-order valence-electron chi connectivity index (χ4n) is 1.99. The van der Waals surface area contributed by atoms with E-state index in [1.54, 1.807) is 6.20 Å². The quantitative estimate of drug-likeness (QED) is 0.690. The van der Waals surface area contributed by atoms with Gasteiger partial charge in [0, 0.05) is 18.5 Å². The molecule has 0 spiro atoms. The number of hydrogen-bond donors (Lipinski definition) is 3. The average Bonchev–Trinajstić information content (AvgIpc) is 2.40. The minimum atomic E-state index is -0.0645. The molecule has 2 atom stereocenters. The normalized spacial score (nSPS) is 22.7. The summed E-state index contributed by atoms with van der Waals surface area (Å²) in [6.45, 7) is 2.08. The van der Waals surface area contributed by atoms with Gasteiger partial charge >= 0.3 is 0 Å². The lowest BCUT2D eigenvalue weighted by molar-refractivity contribution is -0.123. The molecule has 7 nitrogen and oxygen atoms in total. The van der Waals surface area contributed by atoms with Crippen molar-refractivity contribution >= 4 is 11.7 Å². The van der Waals surface area contributed by atoms with E-state index in [9.17, 15) is 4.79 Å². The largest absolute Gasteiger partial charge is 0.474 e. The Balaban J connectivity index is 1.96. The number of aromatic nitrogens is 2. The lowest BCUT2D eigenvalue weighted by atomic mass is 9.99. The molecule has 2 rings (SSSR count). The molecular formula is C12H18N4O3. The van der Waals surface area contributed by atoms with Crippen LogP contribution in [0.25, 0.3) is 0 Å². The zero-order valence-corrected chi connectivity index (χ0v) is 10.8. The van der Waals surface area contributed by atoms with Crippen molar-refractivity contribution in [2.75, 3.05) is 18.5 Å². The van der Waals surface area contributed by atoms with Crippen molar-refractivity contribution in [3.63, 3.8) is 0 Å². The molecule has 1 aromatic heterocycles. The minimum absolute atomic E-state index is 0.0464. The van der Waals surface area contributed by atoms with E-state index in [2.05, 4.69) is 20.6 Å². The average molecular weight is 266 g/mol. The first-order valence-corrected chi connectivity index (χ1v) is 6.30. The Morgan fingerprint density at radius 2 is 2.42 bits per heavy atom. The fraction of sp³-hybridized carbons (Fsp3) is 0.583. The molecule has 1 aliphatic heterocycles. The summed E-state index contributed by atoms with van der Waals surface area (Å²) in [6, 6.07) is 0.171. The maximum atomic E-state index is 11.2. The first-order chi connectivity index (χ1) is 9.19. The number of aliphatic hydroxyl groups is 1. The number of carbonyl (C=O) groups excluding carboxylic acids is 1. The van der Waals surface area contributed by atoms with Gasteiger partial charge in [-0.05, 0) is 13.3 Å². The van der Waals surface area contributed by atoms with Crippen LogP contribution in [0.4, 0.5) is 5.82 Å². The standard InChI is InChI=1S/C12H18N4O3/c1-8-9(2-3-11(18)14-8)15-10-6-13-7-12(16-10)19-5-4-17/h6-9,17H,2-5H2,1H3,(H,14,18)(H,15,16). The molecule has 1 saturated heterocycles. The molecular weight excluding hydrogens is 248 g/mol. The summed E-state index contributed by atoms with van der Waals surface area (Å²) in [6.07, 6.45) is 4.37. The first-order valence-electron chi connectivity index (χ1n) is 6.30. The predicted octanol–water partition coefficient (Wildman–Crippen LogP) is -0.0733. The predicted molar refractivity (Wildman–Crippen MR) is 68.9 cm³/mol. The van der Waals surface area contributed by atoms with Crippen molar-refractivity contribution in [2.24, 2.45) is 0 Å². The van der Waals surface area contributed by atoms with Crippen LogP contribution < -0.4 is 15.4 Å². The lowest BCUT2D eigenvalue weighted by Gasteiger charge is -2.30. The SMILES string of the molecule is CC1NC(=O)CCC1Nc1cncc(OCCO)n1. The Bertz CT molecular complexity index is 441. The summed E-state index contributed by atoms with van der Waals surface area (Å²) in [5.41, 5.74) is 0. The van der Waals surface area contributed by atoms with Gasteiger partial charge in [0.25, 0.3) is 0 Å². The van der Waals surface area contributed by atoms with Crippen molar-refractivity contribution in [1.82, 2.24) is 15.3 Å². The Hall–Kier alpha value is -1.89. The fourth-order valence-corrected chi connectivity index (χ4v) is 1.99. The highest BCUT2D eigenvalue weighted by molar-refractivity contribution is 5.77. The molecule has 1 aromatic rings. The number of nitrogens with zero attached hydrogens (tertiary/aromatic N) is 2. The van der Waals surface area contributed by atoms with Gasteiger partial charge in [0.05, 0.1) is 19.0 Å². The van der Waals surface area contributed by atoms with Crippen LogP contribution in [-0.2, 0) is 4.79 Å². The highest BCUT2D eigenvalue weighted by atomic mass is 16.5. The molecule has 1 aliphatic rings. The number of rotatable bonds is 5. The van der Waals surface area contributed by atoms with Gasteiger partial charge in [-0.2, -0.15) is 4.98 Å². The maximum Gasteiger partial charge on any atom is 0.234 e. The molecule has 0 aromatic carbocycles. The second-order valence-corrected chi connectivity index (χ2v) is 4.46. The summed E-state index contributed by atoms with van der Waals surface area (Å²) in [5.74, 6) is 1.05. The van der Waals surface area contributed by atoms with Gasteiger partial charge in [0.2, 0.25) is 11.8 Å². The van der Waals surface area contributed by atoms with E-state index in [1.807, 2.05) is 6.92 Å². The summed E-state index contributed by atoms with van der Waals surface area (Å²) < 4.78 is 5.20. The number of hydrogen-bond acceptors (Lipinski definition) is 6. The van der Waals surface area contributed by atoms with Crippen LogP contribution in [0.1, 0.15) is 19.8 Å². The highest BCUT2D eigenvalue weighted by Crippen LogP contribution is 2.16. The molecule has 19 heavy (non-hydrogen) atoms. The van der Waals surface area contributed by atoms with Crippen LogP contribution in [0.15, 0.2) is 12.4 Å². The van der Waals surface area contributed by atoms with Gasteiger partial charge in [0.15, 0.2) is 0 Å². The first kappa shape index (κ1) is 13.5. The molecule has 2 unspecified atom stereocenters. The van der Waals surface area contributed by atoms with Gasteiger partial charge in [-0.25, -0.2) is 0 Å². The summed E-state index contributed by atoms with van der Waals surface area (Å²) in [4.78, 5) is 19.5. The zero-order chi connectivity index (χ0) is 13.7. The summed E-state index contributed by atoms with van der Waals surface area (Å²) >= 11 is 0. The molecule has 0 saturated carbocycles. The third-order valence-electron chi connectivity index (χ3n) is 2.96. The van der Waals surface area contributed by atoms with Gasteiger partial charge in [-0.3, -0.25) is 9.78 Å². The van der Waals surface area contributed by atoms with E-state index in [0.717, 1.165) is 6.42 Å². The van der Waals surface area contributed by atoms with E-state index < -0.39 is 0 Å². The van der Waals surface area contributed by atoms with Crippen LogP contribution in [0.2, 0.25) is 0 Å². The Morgan fingerprint density at radius 1 is 1.58 bits per heavy atom. The summed E-state index contributed by atoms with van der Waals surface area (Å²) in [5, 5.41) is 14.8. The second-order valence-electron chi connectivity index (χ2n) is 4.46. The van der Waals surface area contributed by atoms with Crippen LogP contribution in [0.5, 0.6) is 5.88 Å². The Kier molecular flexibility index (Phi) is 4.51. The highest BCUT2D eigenvalue weighted by Gasteiger charge is 2.25. The second kappa shape index (κ2) is 6.33. The van der Waals surface area contributed by atoms with Crippen molar-refractivity contribution in [3.8, 4) is 5.88 Å². The number of ether oxygens (including phenoxy) is 1. The van der Waals surface area contributed by atoms with Crippen molar-refractivity contribution < 1.29 is 14.6 Å². The van der Waals surface area contributed by atoms with Gasteiger partial charge in [0.1, 0.15) is 12.4 Å². The molecule has 1 fully saturated rings. The monoisotopic (exact) mass is 266 g/mol. The number of amides is 1. The van der Waals surface area contributed by atoms with Crippen LogP contribution in [-0.4, -0.2) is 46.3 Å². The topological polar surface area (TPSA) is 96.4 Å². The van der Waals surface area contributed by atoms with E-state index in [0.29, 0.717) is 18.1 Å². The molecule has 1 amide bonds. The Morgan fingerprint density at radius 3 is 3.16 bits per heavy atom. The Labute approximate surface area is 111 Å². The lowest BCUT2D eigenvalue weighted by Crippen LogP contribution is -2.49. The molecule has 7 heteroatoms. The third-order valence-corrected chi connectivity index (χ3v) is 2.96. The maximum absolute atomic E-state index is 11.2. The number of aliphatic hydroxyl groups excluding tert-OH is 1. The van der Waals surface area contributed by atoms with Gasteiger partial charge in [-0.15, -0.1) is 0 Å². The van der Waals surface area contributed by atoms with Crippen molar-refractivity contribution in [1.29, 1.82) is 0 Å². The van der Waals surface area contributed by atoms with Crippen molar-refractivity contribution in [3.05, 3.63) is 12.4 Å². The number of piperidine rings is 1. The smallest absolute Gasteiger partial charge is 0.234 e. The van der Waals surface area contributed by atoms with E-state index in [1.165, 1.54) is 6.20 Å². The van der Waals surface area contributed by atoms with E-state index in [-0.39, 0.29) is 31.2 Å². The minimum Gasteiger partial charge on any atom is -0.474 e. The molecule has 0 bridgehead atoms. The molecule has 0 radical (unpaired) electrons. The third kappa shape index (κ3) is 3.78. The van der Waals surface area contributed by atoms with Crippen LogP contribution in [0, 0.1) is 0 Å². The van der Waals surface area contributed by atoms with Crippen molar-refractivity contribution in [2.45, 2.75) is 31.8 Å². The number of nitrogens with one attached hydrogen (secondary N) is 2. The van der Waals surface area contributed by atoms with Crippen LogP contribution in [0.3, 0.4) is 0 Å². The summed E-state index contributed by atoms with van der Waals surface area (Å²) in [7, 11) is 0. The molecule has 0 aliphatic carbocycles. The molecule has 2 heterocycles. The van der Waals surface area contributed by atoms with Gasteiger partial charge < -0.3 is 20.5 Å². The zero-order valence-electron chi connectivity index (χ0n) is 10.8. The van der Waals surface area contributed by atoms with E-state index in [4.69, 9.17) is 9.84 Å². The number of anilines is 1.